The summed E-state index contributed by atoms with van der Waals surface area (Å²) in [5.74, 6) is 0.383. The first-order valence-electron chi connectivity index (χ1n) is 9.57. The van der Waals surface area contributed by atoms with Crippen molar-refractivity contribution >= 4 is 34.9 Å². The van der Waals surface area contributed by atoms with Crippen molar-refractivity contribution in [3.8, 4) is 18.0 Å². The largest absolute Gasteiger partial charge is 0.489 e. The van der Waals surface area contributed by atoms with Gasteiger partial charge in [-0.1, -0.05) is 35.9 Å². The smallest absolute Gasteiger partial charge is 0.211 e. The number of pyridine rings is 1. The zero-order valence-electron chi connectivity index (χ0n) is 16.9. The molecule has 11 heteroatoms. The summed E-state index contributed by atoms with van der Waals surface area (Å²) in [6.45, 7) is -0.00200. The molecule has 1 unspecified atom stereocenters. The van der Waals surface area contributed by atoms with Crippen LogP contribution in [0.5, 0.6) is 5.75 Å². The van der Waals surface area contributed by atoms with Crippen molar-refractivity contribution in [3.63, 3.8) is 0 Å². The Bertz CT molecular complexity index is 1340. The molecule has 164 valence electrons. The molecule has 9 nitrogen and oxygen atoms in total. The molecule has 1 atom stereocenters. The number of hydrogen-bond donors (Lipinski definition) is 4. The van der Waals surface area contributed by atoms with Crippen LogP contribution in [0.3, 0.4) is 0 Å². The molecule has 0 fully saturated rings. The van der Waals surface area contributed by atoms with Crippen LogP contribution in [0.4, 0.5) is 21.7 Å². The minimum atomic E-state index is -0.670. The lowest BCUT2D eigenvalue weighted by Gasteiger charge is -2.26. The van der Waals surface area contributed by atoms with Gasteiger partial charge in [-0.25, -0.2) is 14.4 Å². The Balaban J connectivity index is 1.65. The number of aliphatic imine (C=N–C) groups is 1. The number of nitrogen functional groups attached to an aromatic ring is 2. The van der Waals surface area contributed by atoms with Crippen LogP contribution in [-0.4, -0.2) is 10.9 Å². The Morgan fingerprint density at radius 1 is 1.18 bits per heavy atom. The van der Waals surface area contributed by atoms with Gasteiger partial charge in [0.1, 0.15) is 47.5 Å². The zero-order chi connectivity index (χ0) is 23.5. The molecule has 2 aromatic carbocycles. The molecule has 0 amide bonds. The standard InChI is InChI=1S/C22H16ClFN8O/c23-15-3-1-2-12(17(15)24)9-33-13-6-4-11(5-7-13)19-16-18(27)14(8-25)20(28)31-21(16)32-22(30-19)29-10-26/h1-7,19H,9H2,(H6,27,28,29,30,31,32). The number of halogens is 2. The Labute approximate surface area is 193 Å². The number of rotatable bonds is 4. The third-order valence-electron chi connectivity index (χ3n) is 4.98. The van der Waals surface area contributed by atoms with E-state index in [1.54, 1.807) is 42.6 Å². The van der Waals surface area contributed by atoms with Gasteiger partial charge in [-0.3, -0.25) is 5.32 Å². The summed E-state index contributed by atoms with van der Waals surface area (Å²) in [6, 6.07) is 12.9. The number of guanidine groups is 1. The number of anilines is 3. The molecule has 0 saturated heterocycles. The van der Waals surface area contributed by atoms with Crippen LogP contribution in [0.25, 0.3) is 0 Å². The molecule has 3 aromatic rings. The minimum absolute atomic E-state index is 0.00200. The van der Waals surface area contributed by atoms with E-state index in [4.69, 9.17) is 33.1 Å². The first kappa shape index (κ1) is 21.7. The Morgan fingerprint density at radius 2 is 1.94 bits per heavy atom. The minimum Gasteiger partial charge on any atom is -0.489 e. The topological polar surface area (TPSA) is 158 Å². The van der Waals surface area contributed by atoms with E-state index in [-0.39, 0.29) is 34.7 Å². The maximum absolute atomic E-state index is 14.1. The van der Waals surface area contributed by atoms with Gasteiger partial charge in [0.2, 0.25) is 5.96 Å². The van der Waals surface area contributed by atoms with Gasteiger partial charge in [0.15, 0.2) is 6.19 Å². The van der Waals surface area contributed by atoms with Gasteiger partial charge in [-0.2, -0.15) is 10.5 Å². The lowest BCUT2D eigenvalue weighted by atomic mass is 9.95. The maximum Gasteiger partial charge on any atom is 0.211 e. The van der Waals surface area contributed by atoms with E-state index in [9.17, 15) is 9.65 Å². The second kappa shape index (κ2) is 8.91. The van der Waals surface area contributed by atoms with Crippen molar-refractivity contribution in [1.29, 1.82) is 10.5 Å². The van der Waals surface area contributed by atoms with Gasteiger partial charge in [0.05, 0.1) is 10.7 Å². The SMILES string of the molecule is N#CNC1=NC(c2ccc(OCc3cccc(Cl)c3F)cc2)c2c(nc(N)c(C#N)c2N)N1. The molecule has 4 rings (SSSR count). The Morgan fingerprint density at radius 3 is 2.64 bits per heavy atom. The second-order valence-electron chi connectivity index (χ2n) is 6.97. The van der Waals surface area contributed by atoms with Gasteiger partial charge in [0, 0.05) is 11.1 Å². The molecule has 6 N–H and O–H groups in total. The average molecular weight is 463 g/mol. The van der Waals surface area contributed by atoms with Crippen LogP contribution in [0.15, 0.2) is 47.5 Å². The number of nitriles is 2. The normalized spacial score (nSPS) is 14.2. The van der Waals surface area contributed by atoms with E-state index >= 15 is 0 Å². The van der Waals surface area contributed by atoms with Gasteiger partial charge < -0.3 is 21.5 Å². The average Bonchev–Trinajstić information content (AvgIpc) is 2.80. The number of nitrogens with one attached hydrogen (secondary N) is 2. The second-order valence-corrected chi connectivity index (χ2v) is 7.38. The van der Waals surface area contributed by atoms with Gasteiger partial charge >= 0.3 is 0 Å². The van der Waals surface area contributed by atoms with Crippen molar-refractivity contribution in [2.75, 3.05) is 16.8 Å². The highest BCUT2D eigenvalue weighted by molar-refractivity contribution is 6.30. The predicted molar refractivity (Wildman–Crippen MR) is 122 cm³/mol. The third-order valence-corrected chi connectivity index (χ3v) is 5.27. The molecule has 0 saturated carbocycles. The van der Waals surface area contributed by atoms with Crippen LogP contribution in [0, 0.1) is 28.6 Å². The van der Waals surface area contributed by atoms with E-state index in [0.717, 1.165) is 0 Å². The van der Waals surface area contributed by atoms with Gasteiger partial charge in [-0.15, -0.1) is 0 Å². The number of nitrogens with two attached hydrogens (primary N) is 2. The van der Waals surface area contributed by atoms with Crippen LogP contribution in [0.2, 0.25) is 5.02 Å². The molecule has 0 bridgehead atoms. The summed E-state index contributed by atoms with van der Waals surface area (Å²) >= 11 is 5.81. The number of hydrogen-bond acceptors (Lipinski definition) is 9. The molecular weight excluding hydrogens is 447 g/mol. The molecule has 33 heavy (non-hydrogen) atoms. The van der Waals surface area contributed by atoms with E-state index in [0.29, 0.717) is 28.3 Å². The zero-order valence-corrected chi connectivity index (χ0v) is 17.7. The Hall–Kier alpha value is -4.54. The number of aromatic nitrogens is 1. The van der Waals surface area contributed by atoms with Crippen molar-refractivity contribution in [1.82, 2.24) is 10.3 Å². The molecule has 0 radical (unpaired) electrons. The van der Waals surface area contributed by atoms with Gasteiger partial charge in [0.25, 0.3) is 0 Å². The molecule has 1 aliphatic heterocycles. The number of ether oxygens (including phenoxy) is 1. The fourth-order valence-corrected chi connectivity index (χ4v) is 3.58. The van der Waals surface area contributed by atoms with Crippen molar-refractivity contribution in [2.24, 2.45) is 4.99 Å². The quantitative estimate of drug-likeness (QED) is 0.339. The lowest BCUT2D eigenvalue weighted by Crippen LogP contribution is -2.32. The highest BCUT2D eigenvalue weighted by Crippen LogP contribution is 2.40. The molecule has 0 spiro atoms. The third kappa shape index (κ3) is 4.15. The molecule has 1 aliphatic rings. The molecule has 0 aliphatic carbocycles. The van der Waals surface area contributed by atoms with Crippen molar-refractivity contribution in [3.05, 3.63) is 75.6 Å². The van der Waals surface area contributed by atoms with Crippen LogP contribution in [0.1, 0.15) is 28.3 Å². The van der Waals surface area contributed by atoms with E-state index in [1.165, 1.54) is 6.07 Å². The Kier molecular flexibility index (Phi) is 5.85. The lowest BCUT2D eigenvalue weighted by molar-refractivity contribution is 0.300. The maximum atomic E-state index is 14.1. The monoisotopic (exact) mass is 462 g/mol. The molecular formula is C22H16ClFN8O. The summed E-state index contributed by atoms with van der Waals surface area (Å²) in [7, 11) is 0. The summed E-state index contributed by atoms with van der Waals surface area (Å²) in [4.78, 5) is 8.70. The summed E-state index contributed by atoms with van der Waals surface area (Å²) < 4.78 is 19.7. The van der Waals surface area contributed by atoms with Crippen LogP contribution in [-0.2, 0) is 6.61 Å². The fourth-order valence-electron chi connectivity index (χ4n) is 3.39. The first-order valence-corrected chi connectivity index (χ1v) is 9.95. The van der Waals surface area contributed by atoms with E-state index in [2.05, 4.69) is 20.6 Å². The van der Waals surface area contributed by atoms with E-state index < -0.39 is 11.9 Å². The van der Waals surface area contributed by atoms with Crippen LogP contribution < -0.4 is 26.8 Å². The first-order chi connectivity index (χ1) is 15.9. The summed E-state index contributed by atoms with van der Waals surface area (Å²) in [6.07, 6.45) is 1.80. The fraction of sp³-hybridized carbons (Fsp3) is 0.0909. The highest BCUT2D eigenvalue weighted by atomic mass is 35.5. The van der Waals surface area contributed by atoms with Crippen molar-refractivity contribution in [2.45, 2.75) is 12.6 Å². The number of nitrogens with zero attached hydrogens (tertiary/aromatic N) is 4. The molecule has 2 heterocycles. The highest BCUT2D eigenvalue weighted by Gasteiger charge is 2.29. The van der Waals surface area contributed by atoms with Gasteiger partial charge in [-0.05, 0) is 23.8 Å². The number of benzene rings is 2. The van der Waals surface area contributed by atoms with Crippen LogP contribution >= 0.6 is 11.6 Å². The molecule has 1 aromatic heterocycles. The summed E-state index contributed by atoms with van der Waals surface area (Å²) in [5, 5.41) is 23.7. The number of fused-ring (bicyclic) bond motifs is 1. The predicted octanol–water partition coefficient (Wildman–Crippen LogP) is 3.43. The summed E-state index contributed by atoms with van der Waals surface area (Å²) in [5.41, 5.74) is 13.8. The van der Waals surface area contributed by atoms with Crippen molar-refractivity contribution < 1.29 is 9.13 Å². The van der Waals surface area contributed by atoms with E-state index in [1.807, 2.05) is 6.07 Å².